The van der Waals surface area contributed by atoms with Gasteiger partial charge >= 0.3 is 0 Å². The number of aromatic nitrogens is 1. The second kappa shape index (κ2) is 16.2. The third-order valence-corrected chi connectivity index (χ3v) is 7.00. The number of nitrogens with one attached hydrogen (secondary N) is 3. The van der Waals surface area contributed by atoms with Crippen molar-refractivity contribution in [3.05, 3.63) is 59.2 Å². The number of nitrogens with zero attached hydrogens (tertiary/aromatic N) is 1. The molecule has 0 fully saturated rings. The van der Waals surface area contributed by atoms with Gasteiger partial charge in [-0.25, -0.2) is 4.39 Å². The molecule has 2 bridgehead atoms. The summed E-state index contributed by atoms with van der Waals surface area (Å²) in [6, 6.07) is 5.95. The summed E-state index contributed by atoms with van der Waals surface area (Å²) in [5.74, 6) is -0.123. The summed E-state index contributed by atoms with van der Waals surface area (Å²) in [4.78, 5) is 29.2. The highest BCUT2D eigenvalue weighted by molar-refractivity contribution is 5.79. The van der Waals surface area contributed by atoms with E-state index in [0.29, 0.717) is 37.4 Å². The average Bonchev–Trinajstić information content (AvgIpc) is 2.90. The molecule has 0 radical (unpaired) electrons. The van der Waals surface area contributed by atoms with E-state index in [1.54, 1.807) is 12.3 Å². The lowest BCUT2D eigenvalue weighted by molar-refractivity contribution is -0.123. The first-order chi connectivity index (χ1) is 18.9. The predicted octanol–water partition coefficient (Wildman–Crippen LogP) is 3.45. The van der Waals surface area contributed by atoms with Gasteiger partial charge in [0.05, 0.1) is 18.8 Å². The number of aliphatic hydroxyl groups is 1. The Hall–Kier alpha value is -3.04. The number of pyridine rings is 1. The van der Waals surface area contributed by atoms with Crippen LogP contribution in [0.5, 0.6) is 5.75 Å². The summed E-state index contributed by atoms with van der Waals surface area (Å²) in [6.45, 7) is 5.87. The first kappa shape index (κ1) is 30.5. The standard InChI is InChI=1S/C30H43FN4O4/c1-3-6-22-9-10-34-29(37)7-5-8-30(38)35-27(14-23-12-25(31)15-26(13-23)39-20-22)28(36)19-33-18-24-11-21(4-2)16-32-17-24/h11-13,15-17,22,27-28,33,36H,3-10,14,18-20H2,1-2H3,(H,34,37)(H,35,38). The van der Waals surface area contributed by atoms with Crippen LogP contribution in [-0.2, 0) is 29.0 Å². The highest BCUT2D eigenvalue weighted by atomic mass is 19.1. The van der Waals surface area contributed by atoms with E-state index in [1.807, 2.05) is 6.20 Å². The van der Waals surface area contributed by atoms with Gasteiger partial charge in [0.25, 0.3) is 0 Å². The normalized spacial score (nSPS) is 20.3. The largest absolute Gasteiger partial charge is 0.493 e. The Kier molecular flexibility index (Phi) is 12.6. The smallest absolute Gasteiger partial charge is 0.220 e. The third kappa shape index (κ3) is 10.9. The molecule has 2 aromatic rings. The summed E-state index contributed by atoms with van der Waals surface area (Å²) >= 11 is 0. The molecule has 4 N–H and O–H groups in total. The molecule has 1 aliphatic heterocycles. The number of aryl methyl sites for hydroxylation is 1. The summed E-state index contributed by atoms with van der Waals surface area (Å²) in [7, 11) is 0. The van der Waals surface area contributed by atoms with E-state index in [4.69, 9.17) is 4.74 Å². The molecular formula is C30H43FN4O4. The molecule has 1 aromatic heterocycles. The van der Waals surface area contributed by atoms with Crippen LogP contribution in [0.2, 0.25) is 0 Å². The van der Waals surface area contributed by atoms with Crippen molar-refractivity contribution >= 4 is 11.8 Å². The summed E-state index contributed by atoms with van der Waals surface area (Å²) in [5, 5.41) is 20.1. The number of carbonyl (C=O) groups is 2. The van der Waals surface area contributed by atoms with Gasteiger partial charge in [-0.15, -0.1) is 0 Å². The van der Waals surface area contributed by atoms with E-state index in [1.165, 1.54) is 12.1 Å². The third-order valence-electron chi connectivity index (χ3n) is 7.00. The molecule has 2 heterocycles. The van der Waals surface area contributed by atoms with Crippen LogP contribution in [0.3, 0.4) is 0 Å². The van der Waals surface area contributed by atoms with Crippen LogP contribution in [0.1, 0.15) is 69.1 Å². The Balaban J connectivity index is 1.73. The van der Waals surface area contributed by atoms with Crippen LogP contribution in [0, 0.1) is 11.7 Å². The molecule has 2 amide bonds. The van der Waals surface area contributed by atoms with Crippen LogP contribution in [0.15, 0.2) is 36.7 Å². The molecular weight excluding hydrogens is 499 g/mol. The number of fused-ring (bicyclic) bond motifs is 2. The molecule has 0 spiro atoms. The Labute approximate surface area is 231 Å². The van der Waals surface area contributed by atoms with E-state index in [2.05, 4.69) is 40.8 Å². The van der Waals surface area contributed by atoms with Crippen molar-refractivity contribution in [3.8, 4) is 5.75 Å². The Bertz CT molecular complexity index is 1070. The lowest BCUT2D eigenvalue weighted by atomic mass is 9.99. The van der Waals surface area contributed by atoms with Crippen molar-refractivity contribution in [2.75, 3.05) is 19.7 Å². The van der Waals surface area contributed by atoms with Crippen molar-refractivity contribution in [3.63, 3.8) is 0 Å². The van der Waals surface area contributed by atoms with Crippen LogP contribution in [-0.4, -0.2) is 53.7 Å². The van der Waals surface area contributed by atoms with Crippen molar-refractivity contribution in [1.29, 1.82) is 0 Å². The van der Waals surface area contributed by atoms with Crippen LogP contribution >= 0.6 is 0 Å². The zero-order valence-corrected chi connectivity index (χ0v) is 23.2. The number of halogens is 1. The van der Waals surface area contributed by atoms with Gasteiger partial charge in [0.1, 0.15) is 11.6 Å². The number of hydrogen-bond acceptors (Lipinski definition) is 6. The highest BCUT2D eigenvalue weighted by Crippen LogP contribution is 2.21. The molecule has 3 rings (SSSR count). The Morgan fingerprint density at radius 1 is 1.13 bits per heavy atom. The van der Waals surface area contributed by atoms with Gasteiger partial charge in [-0.05, 0) is 66.8 Å². The Morgan fingerprint density at radius 2 is 1.92 bits per heavy atom. The second-order valence-corrected chi connectivity index (χ2v) is 10.4. The fourth-order valence-corrected chi connectivity index (χ4v) is 4.82. The van der Waals surface area contributed by atoms with Crippen molar-refractivity contribution in [2.45, 2.75) is 83.9 Å². The number of aliphatic hydroxyl groups excluding tert-OH is 1. The van der Waals surface area contributed by atoms with Gasteiger partial charge in [0.2, 0.25) is 11.8 Å². The molecule has 0 saturated carbocycles. The summed E-state index contributed by atoms with van der Waals surface area (Å²) in [5.41, 5.74) is 2.77. The molecule has 0 saturated heterocycles. The number of hydrogen-bond donors (Lipinski definition) is 4. The predicted molar refractivity (Wildman–Crippen MR) is 149 cm³/mol. The van der Waals surface area contributed by atoms with Gasteiger partial charge in [-0.1, -0.05) is 26.3 Å². The number of rotatable bonds is 8. The van der Waals surface area contributed by atoms with E-state index in [0.717, 1.165) is 36.8 Å². The number of ether oxygens (including phenoxy) is 1. The van der Waals surface area contributed by atoms with Gasteiger partial charge in [0, 0.05) is 50.9 Å². The number of carbonyl (C=O) groups excluding carboxylic acids is 2. The van der Waals surface area contributed by atoms with E-state index >= 15 is 0 Å². The minimum absolute atomic E-state index is 0.0839. The molecule has 214 valence electrons. The lowest BCUT2D eigenvalue weighted by Gasteiger charge is -2.25. The molecule has 1 aliphatic rings. The van der Waals surface area contributed by atoms with Gasteiger partial charge < -0.3 is 25.8 Å². The van der Waals surface area contributed by atoms with Gasteiger partial charge in [-0.2, -0.15) is 0 Å². The monoisotopic (exact) mass is 542 g/mol. The van der Waals surface area contributed by atoms with Crippen molar-refractivity contribution < 1.29 is 23.8 Å². The van der Waals surface area contributed by atoms with Crippen LogP contribution in [0.25, 0.3) is 0 Å². The quantitative estimate of drug-likeness (QED) is 0.407. The minimum Gasteiger partial charge on any atom is -0.493 e. The molecule has 1 aromatic carbocycles. The maximum Gasteiger partial charge on any atom is 0.220 e. The molecule has 0 aliphatic carbocycles. The van der Waals surface area contributed by atoms with E-state index < -0.39 is 18.0 Å². The zero-order chi connectivity index (χ0) is 28.0. The average molecular weight is 543 g/mol. The molecule has 3 atom stereocenters. The SMILES string of the molecule is CCCC1CCNC(=O)CCCC(=O)NC(C(O)CNCc2cncc(CC)c2)Cc2cc(F)cc(c2)OC1. The number of amides is 2. The lowest BCUT2D eigenvalue weighted by Crippen LogP contribution is -2.48. The summed E-state index contributed by atoms with van der Waals surface area (Å²) < 4.78 is 20.5. The molecule has 9 heteroatoms. The first-order valence-electron chi connectivity index (χ1n) is 14.2. The second-order valence-electron chi connectivity index (χ2n) is 10.4. The molecule has 3 unspecified atom stereocenters. The van der Waals surface area contributed by atoms with Crippen molar-refractivity contribution in [1.82, 2.24) is 20.9 Å². The van der Waals surface area contributed by atoms with Crippen LogP contribution < -0.4 is 20.7 Å². The Morgan fingerprint density at radius 3 is 2.72 bits per heavy atom. The fraction of sp³-hybridized carbons (Fsp3) is 0.567. The molecule has 39 heavy (non-hydrogen) atoms. The zero-order valence-electron chi connectivity index (χ0n) is 23.2. The van der Waals surface area contributed by atoms with Crippen molar-refractivity contribution in [2.24, 2.45) is 5.92 Å². The maximum absolute atomic E-state index is 14.5. The minimum atomic E-state index is -0.928. The fourth-order valence-electron chi connectivity index (χ4n) is 4.82. The maximum atomic E-state index is 14.5. The van der Waals surface area contributed by atoms with Crippen LogP contribution in [0.4, 0.5) is 4.39 Å². The van der Waals surface area contributed by atoms with E-state index in [-0.39, 0.29) is 43.5 Å². The van der Waals surface area contributed by atoms with Gasteiger partial charge in [0.15, 0.2) is 0 Å². The summed E-state index contributed by atoms with van der Waals surface area (Å²) in [6.07, 6.45) is 7.32. The first-order valence-corrected chi connectivity index (χ1v) is 14.2. The topological polar surface area (TPSA) is 113 Å². The number of benzene rings is 1. The van der Waals surface area contributed by atoms with Gasteiger partial charge in [-0.3, -0.25) is 14.6 Å². The molecule has 8 nitrogen and oxygen atoms in total. The highest BCUT2D eigenvalue weighted by Gasteiger charge is 2.23. The van der Waals surface area contributed by atoms with E-state index in [9.17, 15) is 19.1 Å².